The number of hydrogen-bond donors (Lipinski definition) is 2. The van der Waals surface area contributed by atoms with E-state index in [4.69, 9.17) is 10.5 Å². The minimum Gasteiger partial charge on any atom is -0.380 e. The summed E-state index contributed by atoms with van der Waals surface area (Å²) < 4.78 is 6.84. The van der Waals surface area contributed by atoms with Crippen LogP contribution in [0.2, 0.25) is 0 Å². The zero-order valence-electron chi connectivity index (χ0n) is 11.2. The number of nitrogens with zero attached hydrogens (tertiary/aromatic N) is 3. The quantitative estimate of drug-likeness (QED) is 0.803. The largest absolute Gasteiger partial charge is 0.380 e. The van der Waals surface area contributed by atoms with Crippen LogP contribution in [0.1, 0.15) is 6.42 Å². The molecule has 1 aromatic carbocycles. The summed E-state index contributed by atoms with van der Waals surface area (Å²) in [6.07, 6.45) is 3.15. The van der Waals surface area contributed by atoms with Crippen LogP contribution in [0.25, 0.3) is 5.69 Å². The van der Waals surface area contributed by atoms with Crippen molar-refractivity contribution >= 4 is 11.6 Å². The number of benzene rings is 1. The van der Waals surface area contributed by atoms with E-state index in [2.05, 4.69) is 15.5 Å². The fourth-order valence-electron chi connectivity index (χ4n) is 1.76. The van der Waals surface area contributed by atoms with Gasteiger partial charge in [0.2, 0.25) is 5.91 Å². The second-order valence-corrected chi connectivity index (χ2v) is 4.27. The van der Waals surface area contributed by atoms with Crippen molar-refractivity contribution in [3.8, 4) is 5.69 Å². The van der Waals surface area contributed by atoms with Crippen LogP contribution in [0.3, 0.4) is 0 Å². The molecule has 0 spiro atoms. The zero-order chi connectivity index (χ0) is 14.4. The predicted octanol–water partition coefficient (Wildman–Crippen LogP) is 0.570. The molecule has 0 saturated carbocycles. The normalized spacial score (nSPS) is 12.1. The molecule has 3 N–H and O–H groups in total. The number of carbonyl (C=O) groups is 1. The van der Waals surface area contributed by atoms with E-state index in [1.807, 2.05) is 24.3 Å². The Morgan fingerprint density at radius 2 is 2.20 bits per heavy atom. The third-order valence-corrected chi connectivity index (χ3v) is 2.86. The van der Waals surface area contributed by atoms with E-state index in [9.17, 15) is 4.79 Å². The topological polar surface area (TPSA) is 95.1 Å². The fourth-order valence-corrected chi connectivity index (χ4v) is 1.76. The maximum absolute atomic E-state index is 11.9. The maximum Gasteiger partial charge on any atom is 0.227 e. The second kappa shape index (κ2) is 6.78. The van der Waals surface area contributed by atoms with E-state index in [0.29, 0.717) is 12.2 Å². The van der Waals surface area contributed by atoms with Crippen molar-refractivity contribution < 1.29 is 9.53 Å². The van der Waals surface area contributed by atoms with Crippen molar-refractivity contribution in [1.29, 1.82) is 0 Å². The highest BCUT2D eigenvalue weighted by Crippen LogP contribution is 2.14. The van der Waals surface area contributed by atoms with Crippen LogP contribution in [0.4, 0.5) is 5.69 Å². The van der Waals surface area contributed by atoms with Gasteiger partial charge in [0.05, 0.1) is 18.2 Å². The van der Waals surface area contributed by atoms with E-state index < -0.39 is 0 Å². The monoisotopic (exact) mass is 275 g/mol. The van der Waals surface area contributed by atoms with E-state index >= 15 is 0 Å². The van der Waals surface area contributed by atoms with Gasteiger partial charge in [-0.15, -0.1) is 10.2 Å². The summed E-state index contributed by atoms with van der Waals surface area (Å²) in [7, 11) is 1.54. The van der Waals surface area contributed by atoms with E-state index in [1.54, 1.807) is 17.2 Å². The molecule has 0 bridgehead atoms. The molecule has 0 aliphatic carbocycles. The van der Waals surface area contributed by atoms with E-state index in [1.165, 1.54) is 7.11 Å². The summed E-state index contributed by atoms with van der Waals surface area (Å²) in [5, 5.41) is 10.3. The van der Waals surface area contributed by atoms with Gasteiger partial charge >= 0.3 is 0 Å². The van der Waals surface area contributed by atoms with Gasteiger partial charge in [-0.3, -0.25) is 9.36 Å². The molecule has 106 valence electrons. The number of nitrogens with one attached hydrogen (secondary N) is 1. The number of nitrogens with two attached hydrogens (primary N) is 1. The lowest BCUT2D eigenvalue weighted by molar-refractivity contribution is -0.118. The molecule has 20 heavy (non-hydrogen) atoms. The summed E-state index contributed by atoms with van der Waals surface area (Å²) in [6, 6.07) is 7.40. The standard InChI is InChI=1S/C13H17N5O2/c1-20-12(7-14)6-13(19)17-10-3-2-4-11(5-10)18-8-15-16-9-18/h2-5,8-9,12H,6-7,14H2,1H3,(H,17,19). The Kier molecular flexibility index (Phi) is 4.80. The molecular weight excluding hydrogens is 258 g/mol. The van der Waals surface area contributed by atoms with Crippen LogP contribution in [0.5, 0.6) is 0 Å². The third-order valence-electron chi connectivity index (χ3n) is 2.86. The lowest BCUT2D eigenvalue weighted by Crippen LogP contribution is -2.28. The van der Waals surface area contributed by atoms with Gasteiger partial charge in [0.25, 0.3) is 0 Å². The highest BCUT2D eigenvalue weighted by molar-refractivity contribution is 5.91. The molecule has 1 amide bonds. The summed E-state index contributed by atoms with van der Waals surface area (Å²) in [5.74, 6) is -0.136. The summed E-state index contributed by atoms with van der Waals surface area (Å²) in [5.41, 5.74) is 7.06. The molecule has 1 heterocycles. The molecule has 1 atom stereocenters. The van der Waals surface area contributed by atoms with Crippen LogP contribution in [0.15, 0.2) is 36.9 Å². The number of carbonyl (C=O) groups excluding carboxylic acids is 1. The second-order valence-electron chi connectivity index (χ2n) is 4.27. The number of hydrogen-bond acceptors (Lipinski definition) is 5. The SMILES string of the molecule is COC(CN)CC(=O)Nc1cccc(-n2cnnc2)c1. The number of methoxy groups -OCH3 is 1. The van der Waals surface area contributed by atoms with Crippen molar-refractivity contribution in [3.05, 3.63) is 36.9 Å². The van der Waals surface area contributed by atoms with Crippen LogP contribution in [0, 0.1) is 0 Å². The van der Waals surface area contributed by atoms with Gasteiger partial charge in [0.15, 0.2) is 0 Å². The molecule has 1 unspecified atom stereocenters. The molecule has 2 rings (SSSR count). The summed E-state index contributed by atoms with van der Waals surface area (Å²) >= 11 is 0. The van der Waals surface area contributed by atoms with Crippen molar-refractivity contribution in [3.63, 3.8) is 0 Å². The number of rotatable bonds is 6. The van der Waals surface area contributed by atoms with Gasteiger partial charge in [0, 0.05) is 19.3 Å². The van der Waals surface area contributed by atoms with Crippen molar-refractivity contribution in [2.24, 2.45) is 5.73 Å². The molecule has 0 saturated heterocycles. The smallest absolute Gasteiger partial charge is 0.227 e. The van der Waals surface area contributed by atoms with Gasteiger partial charge in [-0.2, -0.15) is 0 Å². The first kappa shape index (κ1) is 14.2. The first-order chi connectivity index (χ1) is 9.72. The Balaban J connectivity index is 2.03. The highest BCUT2D eigenvalue weighted by atomic mass is 16.5. The van der Waals surface area contributed by atoms with Gasteiger partial charge in [-0.05, 0) is 18.2 Å². The molecule has 0 fully saturated rings. The van der Waals surface area contributed by atoms with E-state index in [-0.39, 0.29) is 18.4 Å². The van der Waals surface area contributed by atoms with Crippen LogP contribution in [-0.4, -0.2) is 40.4 Å². The molecule has 7 heteroatoms. The van der Waals surface area contributed by atoms with Crippen LogP contribution >= 0.6 is 0 Å². The molecule has 0 radical (unpaired) electrons. The molecule has 0 aliphatic heterocycles. The summed E-state index contributed by atoms with van der Waals surface area (Å²) in [6.45, 7) is 0.310. The number of amides is 1. The first-order valence-corrected chi connectivity index (χ1v) is 6.20. The molecule has 7 nitrogen and oxygen atoms in total. The van der Waals surface area contributed by atoms with Crippen LogP contribution < -0.4 is 11.1 Å². The van der Waals surface area contributed by atoms with Crippen LogP contribution in [-0.2, 0) is 9.53 Å². The van der Waals surface area contributed by atoms with Crippen molar-refractivity contribution in [1.82, 2.24) is 14.8 Å². The fraction of sp³-hybridized carbons (Fsp3) is 0.308. The van der Waals surface area contributed by atoms with Crippen molar-refractivity contribution in [2.45, 2.75) is 12.5 Å². The predicted molar refractivity (Wildman–Crippen MR) is 74.5 cm³/mol. The number of anilines is 1. The lowest BCUT2D eigenvalue weighted by Gasteiger charge is -2.13. The first-order valence-electron chi connectivity index (χ1n) is 6.20. The minimum absolute atomic E-state index is 0.136. The van der Waals surface area contributed by atoms with Gasteiger partial charge < -0.3 is 15.8 Å². The average Bonchev–Trinajstić information content (AvgIpc) is 2.99. The third kappa shape index (κ3) is 3.62. The van der Waals surface area contributed by atoms with Crippen molar-refractivity contribution in [2.75, 3.05) is 19.0 Å². The Morgan fingerprint density at radius 1 is 1.45 bits per heavy atom. The Morgan fingerprint density at radius 3 is 2.85 bits per heavy atom. The molecule has 1 aromatic heterocycles. The highest BCUT2D eigenvalue weighted by Gasteiger charge is 2.11. The minimum atomic E-state index is -0.268. The number of aromatic nitrogens is 3. The number of ether oxygens (including phenoxy) is 1. The van der Waals surface area contributed by atoms with Gasteiger partial charge in [-0.1, -0.05) is 6.07 Å². The van der Waals surface area contributed by atoms with Gasteiger partial charge in [0.1, 0.15) is 12.7 Å². The Hall–Kier alpha value is -2.25. The zero-order valence-corrected chi connectivity index (χ0v) is 11.2. The van der Waals surface area contributed by atoms with Gasteiger partial charge in [-0.25, -0.2) is 0 Å². The average molecular weight is 275 g/mol. The molecule has 2 aromatic rings. The maximum atomic E-state index is 11.9. The Labute approximate surface area is 116 Å². The lowest BCUT2D eigenvalue weighted by atomic mass is 10.2. The van der Waals surface area contributed by atoms with E-state index in [0.717, 1.165) is 5.69 Å². The summed E-state index contributed by atoms with van der Waals surface area (Å²) in [4.78, 5) is 11.9. The molecule has 0 aliphatic rings. The Bertz CT molecular complexity index is 552. The molecular formula is C13H17N5O2.